The molecule has 148 valence electrons. The van der Waals surface area contributed by atoms with Gasteiger partial charge in [0.05, 0.1) is 16.6 Å². The Hall–Kier alpha value is -2.23. The predicted molar refractivity (Wildman–Crippen MR) is 99.0 cm³/mol. The number of halogens is 6. The number of nitrogens with zero attached hydrogens (tertiary/aromatic N) is 4. The topological polar surface area (TPSA) is 64.7 Å². The number of amides is 1. The van der Waals surface area contributed by atoms with Crippen molar-refractivity contribution in [3.63, 3.8) is 0 Å². The highest BCUT2D eigenvalue weighted by Crippen LogP contribution is 2.29. The second-order valence-electron chi connectivity index (χ2n) is 5.76. The van der Waals surface area contributed by atoms with Crippen LogP contribution in [0.4, 0.5) is 19.0 Å². The van der Waals surface area contributed by atoms with Gasteiger partial charge in [-0.25, -0.2) is 0 Å². The Kier molecular flexibility index (Phi) is 5.60. The summed E-state index contributed by atoms with van der Waals surface area (Å²) in [6, 6.07) is 5.68. The van der Waals surface area contributed by atoms with E-state index < -0.39 is 23.5 Å². The lowest BCUT2D eigenvalue weighted by Crippen LogP contribution is -2.14. The average Bonchev–Trinajstić information content (AvgIpc) is 3.14. The monoisotopic (exact) mass is 451 g/mol. The molecule has 0 saturated heterocycles. The van der Waals surface area contributed by atoms with Gasteiger partial charge in [0.2, 0.25) is 0 Å². The number of nitrogens with one attached hydrogen (secondary N) is 1. The van der Waals surface area contributed by atoms with Crippen molar-refractivity contribution in [2.45, 2.75) is 12.7 Å². The summed E-state index contributed by atoms with van der Waals surface area (Å²) in [5.41, 5.74) is -0.676. The van der Waals surface area contributed by atoms with Crippen LogP contribution in [0.3, 0.4) is 0 Å². The summed E-state index contributed by atoms with van der Waals surface area (Å²) in [6.45, 7) is 0.286. The van der Waals surface area contributed by atoms with E-state index in [1.165, 1.54) is 10.9 Å². The SMILES string of the molecule is Cn1nc(C(=O)Nc2nn(Cc3ccc(Cl)c(Cl)c3)cc2Cl)cc1C(F)(F)F. The third-order valence-electron chi connectivity index (χ3n) is 3.68. The number of rotatable bonds is 4. The van der Waals surface area contributed by atoms with E-state index in [2.05, 4.69) is 15.5 Å². The summed E-state index contributed by atoms with van der Waals surface area (Å²) in [4.78, 5) is 12.2. The molecule has 1 amide bonds. The molecule has 28 heavy (non-hydrogen) atoms. The summed E-state index contributed by atoms with van der Waals surface area (Å²) in [5, 5.41) is 10.9. The average molecular weight is 453 g/mol. The molecule has 0 atom stereocenters. The highest BCUT2D eigenvalue weighted by molar-refractivity contribution is 6.42. The lowest BCUT2D eigenvalue weighted by atomic mass is 10.2. The van der Waals surface area contributed by atoms with Gasteiger partial charge in [-0.05, 0) is 17.7 Å². The molecule has 6 nitrogen and oxygen atoms in total. The van der Waals surface area contributed by atoms with E-state index in [0.717, 1.165) is 12.6 Å². The van der Waals surface area contributed by atoms with Crippen LogP contribution in [-0.4, -0.2) is 25.5 Å². The Labute approximate surface area is 171 Å². The van der Waals surface area contributed by atoms with E-state index in [1.54, 1.807) is 18.2 Å². The molecule has 0 aliphatic carbocycles. The van der Waals surface area contributed by atoms with Crippen molar-refractivity contribution in [3.05, 3.63) is 62.5 Å². The first-order chi connectivity index (χ1) is 13.0. The van der Waals surface area contributed by atoms with E-state index in [0.29, 0.717) is 20.8 Å². The van der Waals surface area contributed by atoms with E-state index in [-0.39, 0.29) is 17.4 Å². The van der Waals surface area contributed by atoms with Gasteiger partial charge < -0.3 is 5.32 Å². The normalized spacial score (nSPS) is 11.7. The number of carbonyl (C=O) groups excluding carboxylic acids is 1. The number of alkyl halides is 3. The zero-order chi connectivity index (χ0) is 20.6. The zero-order valence-corrected chi connectivity index (χ0v) is 16.3. The van der Waals surface area contributed by atoms with Crippen molar-refractivity contribution in [3.8, 4) is 0 Å². The zero-order valence-electron chi connectivity index (χ0n) is 14.1. The molecule has 0 radical (unpaired) electrons. The van der Waals surface area contributed by atoms with Crippen LogP contribution in [-0.2, 0) is 19.8 Å². The molecule has 0 aliphatic rings. The second-order valence-corrected chi connectivity index (χ2v) is 6.98. The van der Waals surface area contributed by atoms with Gasteiger partial charge in [-0.3, -0.25) is 14.2 Å². The lowest BCUT2D eigenvalue weighted by molar-refractivity contribution is -0.143. The maximum atomic E-state index is 12.8. The number of aromatic nitrogens is 4. The molecule has 0 aliphatic heterocycles. The van der Waals surface area contributed by atoms with Crippen LogP contribution >= 0.6 is 34.8 Å². The summed E-state index contributed by atoms with van der Waals surface area (Å²) in [7, 11) is 1.10. The van der Waals surface area contributed by atoms with Crippen molar-refractivity contribution in [2.75, 3.05) is 5.32 Å². The van der Waals surface area contributed by atoms with Gasteiger partial charge in [0.15, 0.2) is 11.5 Å². The number of carbonyl (C=O) groups is 1. The Balaban J connectivity index is 1.76. The molecule has 0 fully saturated rings. The van der Waals surface area contributed by atoms with Gasteiger partial charge in [0, 0.05) is 19.3 Å². The van der Waals surface area contributed by atoms with E-state index in [9.17, 15) is 18.0 Å². The molecule has 0 bridgehead atoms. The lowest BCUT2D eigenvalue weighted by Gasteiger charge is -2.04. The first kappa shape index (κ1) is 20.5. The van der Waals surface area contributed by atoms with Gasteiger partial charge in [-0.15, -0.1) is 0 Å². The standard InChI is InChI=1S/C16H11Cl3F3N5O/c1-26-13(16(20,21)22)5-12(24-26)15(28)23-14-11(19)7-27(25-14)6-8-2-3-9(17)10(18)4-8/h2-5,7H,6H2,1H3,(H,23,25,28). The third-order valence-corrected chi connectivity index (χ3v) is 4.70. The fourth-order valence-corrected chi connectivity index (χ4v) is 2.92. The van der Waals surface area contributed by atoms with Crippen molar-refractivity contribution in [1.29, 1.82) is 0 Å². The molecule has 0 spiro atoms. The van der Waals surface area contributed by atoms with Gasteiger partial charge in [0.25, 0.3) is 5.91 Å². The van der Waals surface area contributed by atoms with Crippen LogP contribution < -0.4 is 5.32 Å². The smallest absolute Gasteiger partial charge is 0.302 e. The van der Waals surface area contributed by atoms with Crippen LogP contribution in [0.25, 0.3) is 0 Å². The number of aryl methyl sites for hydroxylation is 1. The van der Waals surface area contributed by atoms with E-state index >= 15 is 0 Å². The molecule has 2 aromatic heterocycles. The van der Waals surface area contributed by atoms with Gasteiger partial charge in [-0.2, -0.15) is 23.4 Å². The molecular formula is C16H11Cl3F3N5O. The fraction of sp³-hybridized carbons (Fsp3) is 0.188. The molecule has 3 aromatic rings. The Morgan fingerprint density at radius 2 is 1.82 bits per heavy atom. The molecule has 1 aromatic carbocycles. The Morgan fingerprint density at radius 3 is 2.43 bits per heavy atom. The summed E-state index contributed by atoms with van der Waals surface area (Å²) < 4.78 is 40.5. The van der Waals surface area contributed by atoms with Crippen molar-refractivity contribution < 1.29 is 18.0 Å². The van der Waals surface area contributed by atoms with Crippen LogP contribution in [0, 0.1) is 0 Å². The quantitative estimate of drug-likeness (QED) is 0.613. The predicted octanol–water partition coefficient (Wildman–Crippen LogP) is 4.90. The summed E-state index contributed by atoms with van der Waals surface area (Å²) in [5.74, 6) is -0.876. The maximum absolute atomic E-state index is 12.8. The molecule has 2 heterocycles. The van der Waals surface area contributed by atoms with Crippen LogP contribution in [0.15, 0.2) is 30.5 Å². The fourth-order valence-electron chi connectivity index (χ4n) is 2.40. The van der Waals surface area contributed by atoms with Gasteiger partial charge in [-0.1, -0.05) is 40.9 Å². The minimum absolute atomic E-state index is 0.00839. The second kappa shape index (κ2) is 7.65. The van der Waals surface area contributed by atoms with Gasteiger partial charge >= 0.3 is 6.18 Å². The van der Waals surface area contributed by atoms with Crippen molar-refractivity contribution in [2.24, 2.45) is 7.05 Å². The largest absolute Gasteiger partial charge is 0.433 e. The number of anilines is 1. The molecule has 3 rings (SSSR count). The highest BCUT2D eigenvalue weighted by Gasteiger charge is 2.35. The first-order valence-electron chi connectivity index (χ1n) is 7.64. The van der Waals surface area contributed by atoms with E-state index in [4.69, 9.17) is 34.8 Å². The Morgan fingerprint density at radius 1 is 1.11 bits per heavy atom. The minimum Gasteiger partial charge on any atom is -0.302 e. The molecule has 1 N–H and O–H groups in total. The van der Waals surface area contributed by atoms with Crippen molar-refractivity contribution in [1.82, 2.24) is 19.6 Å². The molecule has 12 heteroatoms. The van der Waals surface area contributed by atoms with Crippen molar-refractivity contribution >= 4 is 46.5 Å². The third kappa shape index (κ3) is 4.43. The minimum atomic E-state index is -4.63. The van der Waals surface area contributed by atoms with E-state index in [1.807, 2.05) is 0 Å². The van der Waals surface area contributed by atoms with Crippen LogP contribution in [0.1, 0.15) is 21.7 Å². The van der Waals surface area contributed by atoms with Gasteiger partial charge in [0.1, 0.15) is 10.7 Å². The molecular weight excluding hydrogens is 442 g/mol. The number of benzene rings is 1. The molecule has 0 saturated carbocycles. The first-order valence-corrected chi connectivity index (χ1v) is 8.77. The molecule has 0 unspecified atom stereocenters. The number of hydrogen-bond acceptors (Lipinski definition) is 3. The number of hydrogen-bond donors (Lipinski definition) is 1. The van der Waals surface area contributed by atoms with Crippen LogP contribution in [0.2, 0.25) is 15.1 Å². The highest BCUT2D eigenvalue weighted by atomic mass is 35.5. The Bertz CT molecular complexity index is 1040. The maximum Gasteiger partial charge on any atom is 0.433 e. The van der Waals surface area contributed by atoms with Crippen LogP contribution in [0.5, 0.6) is 0 Å². The summed E-state index contributed by atoms with van der Waals surface area (Å²) >= 11 is 17.9. The summed E-state index contributed by atoms with van der Waals surface area (Å²) in [6.07, 6.45) is -3.17.